The van der Waals surface area contributed by atoms with Crippen molar-refractivity contribution in [1.82, 2.24) is 5.48 Å². The predicted octanol–water partition coefficient (Wildman–Crippen LogP) is 4.44. The Morgan fingerprint density at radius 1 is 1.26 bits per heavy atom. The molecular weight excluding hydrogens is 366 g/mol. The maximum absolute atomic E-state index is 12.5. The van der Waals surface area contributed by atoms with E-state index in [0.29, 0.717) is 18.2 Å². The summed E-state index contributed by atoms with van der Waals surface area (Å²) in [6.07, 6.45) is 4.23. The van der Waals surface area contributed by atoms with Crippen LogP contribution in [0.5, 0.6) is 0 Å². The number of carbonyl (C=O) groups is 1. The van der Waals surface area contributed by atoms with Crippen LogP contribution in [0.25, 0.3) is 0 Å². The number of hydrogen-bond donors (Lipinski definition) is 2. The summed E-state index contributed by atoms with van der Waals surface area (Å²) in [5.74, 6) is 0.0730. The van der Waals surface area contributed by atoms with E-state index in [1.807, 2.05) is 31.4 Å². The van der Waals surface area contributed by atoms with Gasteiger partial charge in [-0.15, -0.1) is 11.8 Å². The Morgan fingerprint density at radius 3 is 2.67 bits per heavy atom. The number of nitrogens with zero attached hydrogens (tertiary/aromatic N) is 1. The van der Waals surface area contributed by atoms with E-state index in [9.17, 15) is 14.9 Å². The van der Waals surface area contributed by atoms with Gasteiger partial charge in [0.1, 0.15) is 0 Å². The molecule has 1 aliphatic rings. The number of anilines is 2. The molecule has 7 nitrogen and oxygen atoms in total. The second-order valence-corrected chi connectivity index (χ2v) is 7.36. The number of nitrogens with one attached hydrogen (secondary N) is 2. The van der Waals surface area contributed by atoms with Gasteiger partial charge in [0.05, 0.1) is 22.8 Å². The van der Waals surface area contributed by atoms with Crippen molar-refractivity contribution in [3.63, 3.8) is 0 Å². The number of aryl methyl sites for hydroxylation is 1. The minimum absolute atomic E-state index is 0.0914. The molecule has 0 heterocycles. The Hall–Kier alpha value is -2.58. The normalized spacial score (nSPS) is 13.3. The average Bonchev–Trinajstić information content (AvgIpc) is 3.47. The second-order valence-electron chi connectivity index (χ2n) is 6.48. The summed E-state index contributed by atoms with van der Waals surface area (Å²) < 4.78 is 0. The lowest BCUT2D eigenvalue weighted by Crippen LogP contribution is -2.25. The van der Waals surface area contributed by atoms with E-state index in [1.165, 1.54) is 18.2 Å². The highest BCUT2D eigenvalue weighted by Crippen LogP contribution is 2.30. The van der Waals surface area contributed by atoms with Gasteiger partial charge in [-0.3, -0.25) is 19.7 Å². The molecule has 3 rings (SSSR count). The Labute approximate surface area is 161 Å². The van der Waals surface area contributed by atoms with Gasteiger partial charge in [0.15, 0.2) is 0 Å². The summed E-state index contributed by atoms with van der Waals surface area (Å²) in [6.45, 7) is 2.43. The summed E-state index contributed by atoms with van der Waals surface area (Å²) >= 11 is 1.63. The number of nitro groups is 1. The summed E-state index contributed by atoms with van der Waals surface area (Å²) in [4.78, 5) is 29.5. The molecule has 0 aliphatic heterocycles. The van der Waals surface area contributed by atoms with Crippen molar-refractivity contribution in [3.8, 4) is 0 Å². The van der Waals surface area contributed by atoms with Crippen molar-refractivity contribution in [2.75, 3.05) is 18.2 Å². The summed E-state index contributed by atoms with van der Waals surface area (Å²) in [6, 6.07) is 9.97. The largest absolute Gasteiger partial charge is 0.354 e. The zero-order valence-electron chi connectivity index (χ0n) is 15.2. The smallest absolute Gasteiger partial charge is 0.276 e. The molecule has 27 heavy (non-hydrogen) atoms. The third kappa shape index (κ3) is 4.99. The van der Waals surface area contributed by atoms with Crippen LogP contribution >= 0.6 is 11.8 Å². The Kier molecular flexibility index (Phi) is 5.98. The van der Waals surface area contributed by atoms with Crippen molar-refractivity contribution < 1.29 is 14.6 Å². The Bertz CT molecular complexity index is 868. The first-order valence-electron chi connectivity index (χ1n) is 8.60. The predicted molar refractivity (Wildman–Crippen MR) is 105 cm³/mol. The Balaban J connectivity index is 1.84. The number of carbonyl (C=O) groups excluding carboxylic acids is 1. The van der Waals surface area contributed by atoms with Crippen LogP contribution in [0.15, 0.2) is 41.3 Å². The fourth-order valence-electron chi connectivity index (χ4n) is 2.56. The van der Waals surface area contributed by atoms with Gasteiger partial charge >= 0.3 is 0 Å². The molecule has 2 aromatic rings. The molecule has 0 bridgehead atoms. The van der Waals surface area contributed by atoms with Crippen LogP contribution in [0, 0.1) is 23.0 Å². The fourth-order valence-corrected chi connectivity index (χ4v) is 3.06. The highest BCUT2D eigenvalue weighted by atomic mass is 32.2. The lowest BCUT2D eigenvalue weighted by Gasteiger charge is -2.14. The topological polar surface area (TPSA) is 93.5 Å². The molecule has 0 atom stereocenters. The number of hydrogen-bond acceptors (Lipinski definition) is 6. The molecule has 0 saturated heterocycles. The van der Waals surface area contributed by atoms with Crippen molar-refractivity contribution >= 4 is 34.7 Å². The first-order chi connectivity index (χ1) is 13.0. The van der Waals surface area contributed by atoms with Crippen molar-refractivity contribution in [3.05, 3.63) is 57.6 Å². The van der Waals surface area contributed by atoms with E-state index in [4.69, 9.17) is 4.84 Å². The van der Waals surface area contributed by atoms with Gasteiger partial charge in [-0.1, -0.05) is 0 Å². The molecule has 1 amide bonds. The van der Waals surface area contributed by atoms with Crippen LogP contribution in [0.2, 0.25) is 0 Å². The Morgan fingerprint density at radius 2 is 2.04 bits per heavy atom. The number of rotatable bonds is 8. The first-order valence-corrected chi connectivity index (χ1v) is 9.82. The van der Waals surface area contributed by atoms with E-state index in [-0.39, 0.29) is 11.3 Å². The lowest BCUT2D eigenvalue weighted by atomic mass is 10.1. The number of thioether (sulfide) groups is 1. The molecule has 2 N–H and O–H groups in total. The second kappa shape index (κ2) is 8.41. The molecule has 142 valence electrons. The van der Waals surface area contributed by atoms with Crippen LogP contribution in [0.1, 0.15) is 28.8 Å². The number of nitro benzene ring substituents is 1. The maximum atomic E-state index is 12.5. The molecule has 1 aliphatic carbocycles. The fraction of sp³-hybridized carbons (Fsp3) is 0.316. The van der Waals surface area contributed by atoms with Crippen LogP contribution in [0.3, 0.4) is 0 Å². The van der Waals surface area contributed by atoms with Gasteiger partial charge in [-0.25, -0.2) is 5.48 Å². The van der Waals surface area contributed by atoms with Gasteiger partial charge in [-0.2, -0.15) is 0 Å². The van der Waals surface area contributed by atoms with E-state index < -0.39 is 10.8 Å². The summed E-state index contributed by atoms with van der Waals surface area (Å²) in [5, 5.41) is 14.3. The van der Waals surface area contributed by atoms with Gasteiger partial charge in [0, 0.05) is 22.7 Å². The maximum Gasteiger partial charge on any atom is 0.276 e. The van der Waals surface area contributed by atoms with E-state index in [1.54, 1.807) is 11.8 Å². The molecule has 8 heteroatoms. The number of non-ortho nitro benzene ring substituents is 1. The monoisotopic (exact) mass is 387 g/mol. The van der Waals surface area contributed by atoms with Crippen molar-refractivity contribution in [1.29, 1.82) is 0 Å². The highest BCUT2D eigenvalue weighted by Gasteiger charge is 2.22. The molecule has 2 aromatic carbocycles. The third-order valence-corrected chi connectivity index (χ3v) is 5.07. The van der Waals surface area contributed by atoms with Crippen molar-refractivity contribution in [2.45, 2.75) is 24.7 Å². The SMILES string of the molecule is CSc1ccc(Nc2cc([N+](=O)[O-])ccc2C(=O)NOCC2CC2)c(C)c1. The van der Waals surface area contributed by atoms with Gasteiger partial charge in [0.25, 0.3) is 11.6 Å². The minimum atomic E-state index is -0.486. The molecule has 0 aromatic heterocycles. The van der Waals surface area contributed by atoms with Crippen LogP contribution in [-0.2, 0) is 4.84 Å². The highest BCUT2D eigenvalue weighted by molar-refractivity contribution is 7.98. The number of hydroxylamine groups is 1. The van der Waals surface area contributed by atoms with E-state index in [2.05, 4.69) is 10.8 Å². The average molecular weight is 387 g/mol. The quantitative estimate of drug-likeness (QED) is 0.395. The summed E-state index contributed by atoms with van der Waals surface area (Å²) in [5.41, 5.74) is 4.73. The number of amides is 1. The zero-order chi connectivity index (χ0) is 19.4. The third-order valence-electron chi connectivity index (χ3n) is 4.34. The molecule has 0 spiro atoms. The molecule has 0 radical (unpaired) electrons. The molecule has 1 fully saturated rings. The standard InChI is InChI=1S/C19H21N3O4S/c1-12-9-15(27-2)6-8-17(12)20-18-10-14(22(24)25)5-7-16(18)19(23)21-26-11-13-3-4-13/h5-10,13,20H,3-4,11H2,1-2H3,(H,21,23). The van der Waals surface area contributed by atoms with Crippen molar-refractivity contribution in [2.24, 2.45) is 5.92 Å². The van der Waals surface area contributed by atoms with E-state index >= 15 is 0 Å². The van der Waals surface area contributed by atoms with E-state index in [0.717, 1.165) is 29.0 Å². The number of benzene rings is 2. The van der Waals surface area contributed by atoms with Gasteiger partial charge < -0.3 is 5.32 Å². The van der Waals surface area contributed by atoms with Crippen LogP contribution in [-0.4, -0.2) is 23.7 Å². The molecular formula is C19H21N3O4S. The van der Waals surface area contributed by atoms with Gasteiger partial charge in [0.2, 0.25) is 0 Å². The minimum Gasteiger partial charge on any atom is -0.354 e. The molecule has 1 saturated carbocycles. The van der Waals surface area contributed by atoms with Crippen LogP contribution < -0.4 is 10.8 Å². The first kappa shape index (κ1) is 19.2. The summed E-state index contributed by atoms with van der Waals surface area (Å²) in [7, 11) is 0. The molecule has 0 unspecified atom stereocenters. The zero-order valence-corrected chi connectivity index (χ0v) is 16.0. The lowest BCUT2D eigenvalue weighted by molar-refractivity contribution is -0.384. The van der Waals surface area contributed by atoms with Gasteiger partial charge in [-0.05, 0) is 61.8 Å². The van der Waals surface area contributed by atoms with Crippen LogP contribution in [0.4, 0.5) is 17.1 Å².